The molecule has 0 aliphatic rings. The summed E-state index contributed by atoms with van der Waals surface area (Å²) in [6, 6.07) is 1.88. The van der Waals surface area contributed by atoms with E-state index in [1.165, 1.54) is 0 Å². The van der Waals surface area contributed by atoms with Gasteiger partial charge >= 0.3 is 0 Å². The molecule has 0 radical (unpaired) electrons. The fraction of sp³-hybridized carbons (Fsp3) is 0.400. The average Bonchev–Trinajstić information content (AvgIpc) is 2.46. The number of H-pyrrole nitrogens is 1. The van der Waals surface area contributed by atoms with E-state index in [0.29, 0.717) is 5.82 Å². The summed E-state index contributed by atoms with van der Waals surface area (Å²) in [4.78, 5) is 4.36. The summed E-state index contributed by atoms with van der Waals surface area (Å²) in [7, 11) is 0. The first-order valence-electron chi connectivity index (χ1n) is 4.59. The zero-order valence-electron chi connectivity index (χ0n) is 8.63. The number of nitrogens with one attached hydrogen (secondary N) is 1. The maximum atomic E-state index is 5.72. The van der Waals surface area contributed by atoms with Crippen LogP contribution in [-0.2, 0) is 5.41 Å². The molecule has 4 heteroatoms. The monoisotopic (exact) mass is 190 g/mol. The molecule has 2 aromatic heterocycles. The number of aromatic amines is 1. The highest BCUT2D eigenvalue weighted by atomic mass is 15.2. The second-order valence-electron chi connectivity index (χ2n) is 4.44. The Morgan fingerprint density at radius 2 is 2.07 bits per heavy atom. The molecule has 0 aliphatic heterocycles. The second-order valence-corrected chi connectivity index (χ2v) is 4.44. The number of nitrogens with two attached hydrogens (primary N) is 1. The van der Waals surface area contributed by atoms with Gasteiger partial charge in [0.05, 0.1) is 11.2 Å². The van der Waals surface area contributed by atoms with Crippen LogP contribution in [0, 0.1) is 0 Å². The van der Waals surface area contributed by atoms with Crippen LogP contribution in [0.2, 0.25) is 0 Å². The number of anilines is 1. The van der Waals surface area contributed by atoms with E-state index in [2.05, 4.69) is 36.0 Å². The van der Waals surface area contributed by atoms with Crippen LogP contribution in [-0.4, -0.2) is 15.2 Å². The van der Waals surface area contributed by atoms with Gasteiger partial charge in [-0.25, -0.2) is 0 Å². The van der Waals surface area contributed by atoms with E-state index in [9.17, 15) is 0 Å². The highest BCUT2D eigenvalue weighted by Gasteiger charge is 2.20. The quantitative estimate of drug-likeness (QED) is 0.666. The summed E-state index contributed by atoms with van der Waals surface area (Å²) < 4.78 is 0. The molecule has 0 aromatic carbocycles. The highest BCUT2D eigenvalue weighted by Crippen LogP contribution is 2.28. The molecule has 0 aliphatic carbocycles. The molecular weight excluding hydrogens is 176 g/mol. The molecular formula is C10H14N4. The number of rotatable bonds is 0. The Hall–Kier alpha value is -1.58. The first kappa shape index (κ1) is 8.99. The van der Waals surface area contributed by atoms with Gasteiger partial charge in [0.15, 0.2) is 5.82 Å². The third kappa shape index (κ3) is 1.23. The fourth-order valence-electron chi connectivity index (χ4n) is 1.53. The van der Waals surface area contributed by atoms with Gasteiger partial charge in [-0.05, 0) is 6.07 Å². The molecule has 2 heterocycles. The van der Waals surface area contributed by atoms with E-state index in [0.717, 1.165) is 16.6 Å². The molecule has 0 saturated carbocycles. The third-order valence-corrected chi connectivity index (χ3v) is 2.23. The number of hydrogen-bond donors (Lipinski definition) is 2. The van der Waals surface area contributed by atoms with Crippen molar-refractivity contribution in [2.24, 2.45) is 0 Å². The van der Waals surface area contributed by atoms with Crippen molar-refractivity contribution < 1.29 is 0 Å². The standard InChI is InChI=1S/C10H14N4/c1-10(2,3)8-7-6(4-5-12-8)9(11)14-13-7/h4-5H,1-3H3,(H3,11,13,14). The van der Waals surface area contributed by atoms with E-state index in [1.54, 1.807) is 6.20 Å². The van der Waals surface area contributed by atoms with Gasteiger partial charge in [-0.15, -0.1) is 0 Å². The van der Waals surface area contributed by atoms with Crippen LogP contribution in [0.1, 0.15) is 26.5 Å². The number of pyridine rings is 1. The van der Waals surface area contributed by atoms with Crippen molar-refractivity contribution in [3.8, 4) is 0 Å². The van der Waals surface area contributed by atoms with Crippen LogP contribution in [0.3, 0.4) is 0 Å². The average molecular weight is 190 g/mol. The predicted octanol–water partition coefficient (Wildman–Crippen LogP) is 1.84. The van der Waals surface area contributed by atoms with Crippen LogP contribution < -0.4 is 5.73 Å². The molecule has 0 saturated heterocycles. The van der Waals surface area contributed by atoms with Gasteiger partial charge in [-0.1, -0.05) is 20.8 Å². The minimum atomic E-state index is -0.00150. The number of nitrogens with zero attached hydrogens (tertiary/aromatic N) is 2. The fourth-order valence-corrected chi connectivity index (χ4v) is 1.53. The van der Waals surface area contributed by atoms with Crippen LogP contribution in [0.25, 0.3) is 10.9 Å². The lowest BCUT2D eigenvalue weighted by atomic mass is 9.90. The lowest BCUT2D eigenvalue weighted by Gasteiger charge is -2.17. The van der Waals surface area contributed by atoms with E-state index >= 15 is 0 Å². The van der Waals surface area contributed by atoms with Gasteiger partial charge < -0.3 is 5.73 Å². The highest BCUT2D eigenvalue weighted by molar-refractivity contribution is 5.90. The maximum Gasteiger partial charge on any atom is 0.153 e. The second kappa shape index (κ2) is 2.70. The largest absolute Gasteiger partial charge is 0.382 e. The van der Waals surface area contributed by atoms with Crippen molar-refractivity contribution in [3.63, 3.8) is 0 Å². The maximum absolute atomic E-state index is 5.72. The van der Waals surface area contributed by atoms with Gasteiger partial charge in [-0.3, -0.25) is 10.1 Å². The Morgan fingerprint density at radius 1 is 1.36 bits per heavy atom. The topological polar surface area (TPSA) is 67.6 Å². The smallest absolute Gasteiger partial charge is 0.153 e. The predicted molar refractivity (Wildman–Crippen MR) is 57.0 cm³/mol. The Balaban J connectivity index is 2.79. The van der Waals surface area contributed by atoms with E-state index < -0.39 is 0 Å². The Labute approximate surface area is 82.5 Å². The van der Waals surface area contributed by atoms with Gasteiger partial charge in [0.25, 0.3) is 0 Å². The van der Waals surface area contributed by atoms with Crippen molar-refractivity contribution >= 4 is 16.7 Å². The summed E-state index contributed by atoms with van der Waals surface area (Å²) >= 11 is 0. The summed E-state index contributed by atoms with van der Waals surface area (Å²) in [5, 5.41) is 7.86. The van der Waals surface area contributed by atoms with Crippen molar-refractivity contribution in [3.05, 3.63) is 18.0 Å². The zero-order valence-corrected chi connectivity index (χ0v) is 8.63. The molecule has 74 valence electrons. The molecule has 0 spiro atoms. The van der Waals surface area contributed by atoms with Crippen molar-refractivity contribution in [1.29, 1.82) is 0 Å². The van der Waals surface area contributed by atoms with Crippen molar-refractivity contribution in [1.82, 2.24) is 15.2 Å². The molecule has 2 aromatic rings. The molecule has 0 fully saturated rings. The zero-order chi connectivity index (χ0) is 10.3. The minimum absolute atomic E-state index is 0.00150. The molecule has 4 nitrogen and oxygen atoms in total. The first-order valence-corrected chi connectivity index (χ1v) is 4.59. The Bertz CT molecular complexity index is 464. The summed E-state index contributed by atoms with van der Waals surface area (Å²) in [6.45, 7) is 6.35. The normalized spacial score (nSPS) is 12.2. The van der Waals surface area contributed by atoms with Gasteiger partial charge in [0.2, 0.25) is 0 Å². The molecule has 2 rings (SSSR count). The lowest BCUT2D eigenvalue weighted by molar-refractivity contribution is 0.574. The Morgan fingerprint density at radius 3 is 2.71 bits per heavy atom. The van der Waals surface area contributed by atoms with Crippen LogP contribution in [0.4, 0.5) is 5.82 Å². The number of aromatic nitrogens is 3. The number of fused-ring (bicyclic) bond motifs is 1. The van der Waals surface area contributed by atoms with E-state index in [1.807, 2.05) is 6.07 Å². The number of hydrogen-bond acceptors (Lipinski definition) is 3. The SMILES string of the molecule is CC(C)(C)c1nccc2c(N)n[nH]c12. The van der Waals surface area contributed by atoms with Crippen LogP contribution >= 0.6 is 0 Å². The summed E-state index contributed by atoms with van der Waals surface area (Å²) in [5.41, 5.74) is 7.66. The van der Waals surface area contributed by atoms with Gasteiger partial charge in [0.1, 0.15) is 0 Å². The van der Waals surface area contributed by atoms with Crippen LogP contribution in [0.5, 0.6) is 0 Å². The van der Waals surface area contributed by atoms with Gasteiger partial charge in [-0.2, -0.15) is 5.10 Å². The molecule has 14 heavy (non-hydrogen) atoms. The lowest BCUT2D eigenvalue weighted by Crippen LogP contribution is -2.13. The molecule has 0 unspecified atom stereocenters. The van der Waals surface area contributed by atoms with Crippen molar-refractivity contribution in [2.45, 2.75) is 26.2 Å². The van der Waals surface area contributed by atoms with Crippen molar-refractivity contribution in [2.75, 3.05) is 5.73 Å². The summed E-state index contributed by atoms with van der Waals surface area (Å²) in [5.74, 6) is 0.535. The first-order chi connectivity index (χ1) is 6.50. The van der Waals surface area contributed by atoms with E-state index in [4.69, 9.17) is 5.73 Å². The molecule has 0 amide bonds. The molecule has 0 bridgehead atoms. The van der Waals surface area contributed by atoms with E-state index in [-0.39, 0.29) is 5.41 Å². The molecule has 0 atom stereocenters. The van der Waals surface area contributed by atoms with Crippen LogP contribution in [0.15, 0.2) is 12.3 Å². The molecule has 3 N–H and O–H groups in total. The summed E-state index contributed by atoms with van der Waals surface area (Å²) in [6.07, 6.45) is 1.77. The minimum Gasteiger partial charge on any atom is -0.382 e. The Kier molecular flexibility index (Phi) is 1.74. The third-order valence-electron chi connectivity index (χ3n) is 2.23. The number of nitrogen functional groups attached to an aromatic ring is 1. The van der Waals surface area contributed by atoms with Gasteiger partial charge in [0, 0.05) is 17.0 Å².